The van der Waals surface area contributed by atoms with Crippen LogP contribution in [0.4, 0.5) is 11.8 Å². The van der Waals surface area contributed by atoms with Crippen LogP contribution in [0, 0.1) is 5.53 Å². The molecule has 0 saturated heterocycles. The van der Waals surface area contributed by atoms with Crippen molar-refractivity contribution in [3.8, 4) is 11.3 Å². The van der Waals surface area contributed by atoms with Crippen molar-refractivity contribution >= 4 is 17.7 Å². The fourth-order valence-electron chi connectivity index (χ4n) is 2.30. The molecule has 0 radical (unpaired) electrons. The van der Waals surface area contributed by atoms with E-state index in [0.717, 1.165) is 11.3 Å². The number of amides is 1. The lowest BCUT2D eigenvalue weighted by molar-refractivity contribution is 0.0948. The first-order valence-corrected chi connectivity index (χ1v) is 8.09. The smallest absolute Gasteiger partial charge is 0.270 e. The molecule has 3 aromatic rings. The molecule has 0 atom stereocenters. The maximum absolute atomic E-state index is 12.1. The van der Waals surface area contributed by atoms with Gasteiger partial charge in [0.2, 0.25) is 0 Å². The van der Waals surface area contributed by atoms with Gasteiger partial charge in [-0.05, 0) is 18.6 Å². The number of anilines is 1. The van der Waals surface area contributed by atoms with Gasteiger partial charge >= 0.3 is 0 Å². The number of nitrogens with one attached hydrogen (secondary N) is 4. The molecule has 0 aliphatic carbocycles. The molecule has 9 heteroatoms. The topological polar surface area (TPSA) is 132 Å². The third-order valence-electron chi connectivity index (χ3n) is 3.58. The highest BCUT2D eigenvalue weighted by atomic mass is 16.1. The third kappa shape index (κ3) is 4.47. The first kappa shape index (κ1) is 17.2. The van der Waals surface area contributed by atoms with Gasteiger partial charge in [0.05, 0.1) is 5.69 Å². The molecule has 2 aromatic heterocycles. The minimum atomic E-state index is -0.197. The van der Waals surface area contributed by atoms with E-state index in [2.05, 4.69) is 35.9 Å². The van der Waals surface area contributed by atoms with Crippen molar-refractivity contribution in [1.29, 1.82) is 5.53 Å². The lowest BCUT2D eigenvalue weighted by Gasteiger charge is -2.06. The van der Waals surface area contributed by atoms with E-state index in [4.69, 9.17) is 5.53 Å². The molecule has 0 fully saturated rings. The summed E-state index contributed by atoms with van der Waals surface area (Å²) in [5.74, 6) is 0.507. The largest absolute Gasteiger partial charge is 0.370 e. The van der Waals surface area contributed by atoms with Gasteiger partial charge in [-0.3, -0.25) is 9.89 Å². The predicted octanol–water partition coefficient (Wildman–Crippen LogP) is 2.76. The van der Waals surface area contributed by atoms with Crippen molar-refractivity contribution < 1.29 is 4.79 Å². The van der Waals surface area contributed by atoms with Crippen LogP contribution in [0.2, 0.25) is 0 Å². The molecule has 26 heavy (non-hydrogen) atoms. The summed E-state index contributed by atoms with van der Waals surface area (Å²) < 4.78 is 0. The molecule has 132 valence electrons. The Morgan fingerprint density at radius 1 is 1.19 bits per heavy atom. The summed E-state index contributed by atoms with van der Waals surface area (Å²) in [7, 11) is 0. The zero-order chi connectivity index (χ0) is 18.2. The molecule has 0 unspecified atom stereocenters. The number of H-pyrrole nitrogens is 1. The van der Waals surface area contributed by atoms with Crippen LogP contribution in [-0.4, -0.2) is 39.2 Å². The van der Waals surface area contributed by atoms with Crippen LogP contribution in [0.5, 0.6) is 0 Å². The molecular weight excluding hydrogens is 332 g/mol. The van der Waals surface area contributed by atoms with Crippen LogP contribution in [0.3, 0.4) is 0 Å². The molecule has 4 N–H and O–H groups in total. The van der Waals surface area contributed by atoms with E-state index in [1.165, 1.54) is 6.20 Å². The minimum Gasteiger partial charge on any atom is -0.370 e. The van der Waals surface area contributed by atoms with Gasteiger partial charge in [0.1, 0.15) is 11.5 Å². The minimum absolute atomic E-state index is 0.108. The fraction of sp³-hybridized carbons (Fsp3) is 0.176. The Morgan fingerprint density at radius 3 is 2.85 bits per heavy atom. The van der Waals surface area contributed by atoms with Gasteiger partial charge in [-0.15, -0.1) is 5.11 Å². The van der Waals surface area contributed by atoms with Crippen molar-refractivity contribution in [1.82, 2.24) is 25.5 Å². The third-order valence-corrected chi connectivity index (χ3v) is 3.58. The molecular formula is C17H18N8O. The van der Waals surface area contributed by atoms with E-state index >= 15 is 0 Å². The number of carbonyl (C=O) groups is 1. The summed E-state index contributed by atoms with van der Waals surface area (Å²) in [6, 6.07) is 13.1. The number of hydrogen-bond acceptors (Lipinski definition) is 7. The van der Waals surface area contributed by atoms with Crippen LogP contribution in [0.1, 0.15) is 16.9 Å². The maximum Gasteiger partial charge on any atom is 0.270 e. The van der Waals surface area contributed by atoms with Gasteiger partial charge in [0.15, 0.2) is 0 Å². The summed E-state index contributed by atoms with van der Waals surface area (Å²) in [5.41, 5.74) is 9.00. The van der Waals surface area contributed by atoms with Gasteiger partial charge in [0, 0.05) is 24.8 Å². The van der Waals surface area contributed by atoms with Crippen LogP contribution in [0.15, 0.2) is 53.8 Å². The summed E-state index contributed by atoms with van der Waals surface area (Å²) >= 11 is 0. The summed E-state index contributed by atoms with van der Waals surface area (Å²) in [6.45, 7) is 1.12. The first-order chi connectivity index (χ1) is 12.8. The second-order valence-electron chi connectivity index (χ2n) is 5.42. The standard InChI is InChI=1S/C17H18N8O/c18-23-17-21-10-7-15(22-17)19-8-4-9-20-16(26)14-11-13(24-25-14)12-5-2-1-3-6-12/h1-3,5-7,10-11,18H,4,8-9H2,(H,20,26)(H,24,25)(H,19,21,22). The number of carbonyl (C=O) groups excluding carboxylic acids is 1. The molecule has 0 aliphatic heterocycles. The molecule has 0 saturated carbocycles. The van der Waals surface area contributed by atoms with Crippen LogP contribution < -0.4 is 10.6 Å². The Kier molecular flexibility index (Phi) is 5.61. The van der Waals surface area contributed by atoms with Crippen molar-refractivity contribution in [2.75, 3.05) is 18.4 Å². The van der Waals surface area contributed by atoms with E-state index in [1.807, 2.05) is 30.3 Å². The molecule has 3 rings (SSSR count). The summed E-state index contributed by atoms with van der Waals surface area (Å²) in [6.07, 6.45) is 2.25. The zero-order valence-electron chi connectivity index (χ0n) is 13.9. The van der Waals surface area contributed by atoms with Crippen LogP contribution in [0.25, 0.3) is 11.3 Å². The number of rotatable bonds is 8. The average Bonchev–Trinajstić information content (AvgIpc) is 3.19. The predicted molar refractivity (Wildman–Crippen MR) is 96.3 cm³/mol. The second-order valence-corrected chi connectivity index (χ2v) is 5.42. The van der Waals surface area contributed by atoms with E-state index in [9.17, 15) is 4.79 Å². The van der Waals surface area contributed by atoms with Crippen LogP contribution >= 0.6 is 0 Å². The molecule has 1 amide bonds. The summed E-state index contributed by atoms with van der Waals surface area (Å²) in [4.78, 5) is 20.0. The number of benzene rings is 1. The van der Waals surface area contributed by atoms with E-state index in [-0.39, 0.29) is 11.9 Å². The summed E-state index contributed by atoms with van der Waals surface area (Å²) in [5, 5.41) is 16.0. The SMILES string of the molecule is N=Nc1nccc(NCCCNC(=O)c2cc(-c3ccccc3)n[nH]2)n1. The molecule has 0 spiro atoms. The lowest BCUT2D eigenvalue weighted by Crippen LogP contribution is -2.26. The molecule has 1 aromatic carbocycles. The van der Waals surface area contributed by atoms with Crippen molar-refractivity contribution in [2.24, 2.45) is 5.11 Å². The number of nitrogens with zero attached hydrogens (tertiary/aromatic N) is 4. The average molecular weight is 350 g/mol. The van der Waals surface area contributed by atoms with E-state index in [1.54, 1.807) is 12.1 Å². The van der Waals surface area contributed by atoms with E-state index < -0.39 is 0 Å². The molecule has 2 heterocycles. The zero-order valence-corrected chi connectivity index (χ0v) is 13.9. The van der Waals surface area contributed by atoms with Gasteiger partial charge in [-0.1, -0.05) is 30.3 Å². The Labute approximate surface area is 149 Å². The van der Waals surface area contributed by atoms with Gasteiger partial charge in [-0.2, -0.15) is 10.1 Å². The monoisotopic (exact) mass is 350 g/mol. The number of hydrogen-bond donors (Lipinski definition) is 4. The normalized spacial score (nSPS) is 10.3. The second kappa shape index (κ2) is 8.47. The quantitative estimate of drug-likeness (QED) is 0.366. The van der Waals surface area contributed by atoms with Crippen molar-refractivity contribution in [3.05, 3.63) is 54.4 Å². The Balaban J connectivity index is 1.43. The van der Waals surface area contributed by atoms with Crippen molar-refractivity contribution in [2.45, 2.75) is 6.42 Å². The highest BCUT2D eigenvalue weighted by molar-refractivity contribution is 5.93. The maximum atomic E-state index is 12.1. The van der Waals surface area contributed by atoms with Crippen molar-refractivity contribution in [3.63, 3.8) is 0 Å². The first-order valence-electron chi connectivity index (χ1n) is 8.09. The Bertz CT molecular complexity index is 877. The fourth-order valence-corrected chi connectivity index (χ4v) is 2.30. The Hall–Kier alpha value is -3.62. The highest BCUT2D eigenvalue weighted by Gasteiger charge is 2.10. The van der Waals surface area contributed by atoms with Crippen LogP contribution in [-0.2, 0) is 0 Å². The van der Waals surface area contributed by atoms with Gasteiger partial charge in [-0.25, -0.2) is 10.5 Å². The molecule has 0 aliphatic rings. The van der Waals surface area contributed by atoms with Gasteiger partial charge in [0.25, 0.3) is 11.9 Å². The van der Waals surface area contributed by atoms with E-state index in [0.29, 0.717) is 31.0 Å². The number of aromatic nitrogens is 4. The molecule has 9 nitrogen and oxygen atoms in total. The lowest BCUT2D eigenvalue weighted by atomic mass is 10.1. The highest BCUT2D eigenvalue weighted by Crippen LogP contribution is 2.16. The Morgan fingerprint density at radius 2 is 2.04 bits per heavy atom. The molecule has 0 bridgehead atoms. The number of aromatic amines is 1. The van der Waals surface area contributed by atoms with Gasteiger partial charge < -0.3 is 10.6 Å².